The first kappa shape index (κ1) is 16.5. The number of hydrazine groups is 1. The predicted molar refractivity (Wildman–Crippen MR) is 87.5 cm³/mol. The Hall–Kier alpha value is -2.34. The molecule has 6 heteroatoms. The average molecular weight is 333 g/mol. The predicted octanol–water partition coefficient (Wildman–Crippen LogP) is 4.03. The van der Waals surface area contributed by atoms with Crippen LogP contribution in [0.5, 0.6) is 0 Å². The number of benzene rings is 2. The van der Waals surface area contributed by atoms with Crippen LogP contribution in [-0.4, -0.2) is 23.9 Å². The molecule has 1 aliphatic heterocycles. The van der Waals surface area contributed by atoms with Crippen LogP contribution in [0.25, 0.3) is 0 Å². The van der Waals surface area contributed by atoms with Crippen molar-refractivity contribution in [2.75, 3.05) is 7.05 Å². The highest BCUT2D eigenvalue weighted by atomic mass is 19.4. The Labute approximate surface area is 138 Å². The van der Waals surface area contributed by atoms with E-state index in [2.05, 4.69) is 12.3 Å². The van der Waals surface area contributed by atoms with Crippen molar-refractivity contribution in [3.8, 4) is 0 Å². The van der Waals surface area contributed by atoms with Gasteiger partial charge in [-0.2, -0.15) is 13.2 Å². The van der Waals surface area contributed by atoms with E-state index in [1.54, 1.807) is 0 Å². The highest BCUT2D eigenvalue weighted by Crippen LogP contribution is 2.30. The highest BCUT2D eigenvalue weighted by molar-refractivity contribution is 5.99. The number of rotatable bonds is 2. The Morgan fingerprint density at radius 3 is 2.21 bits per heavy atom. The van der Waals surface area contributed by atoms with Crippen molar-refractivity contribution in [2.24, 2.45) is 4.99 Å². The summed E-state index contributed by atoms with van der Waals surface area (Å²) in [6.45, 7) is 2.05. The highest BCUT2D eigenvalue weighted by Gasteiger charge is 2.31. The molecule has 1 heterocycles. The number of halogens is 3. The second-order valence-corrected chi connectivity index (χ2v) is 5.87. The van der Waals surface area contributed by atoms with E-state index in [0.717, 1.165) is 17.7 Å². The van der Waals surface area contributed by atoms with Gasteiger partial charge in [-0.1, -0.05) is 42.5 Å². The molecule has 2 aromatic rings. The fourth-order valence-corrected chi connectivity index (χ4v) is 2.72. The quantitative estimate of drug-likeness (QED) is 0.898. The Morgan fingerprint density at radius 1 is 1.00 bits per heavy atom. The van der Waals surface area contributed by atoms with Crippen LogP contribution in [0, 0.1) is 0 Å². The first-order valence-corrected chi connectivity index (χ1v) is 7.66. The van der Waals surface area contributed by atoms with Gasteiger partial charge in [-0.3, -0.25) is 4.99 Å². The third kappa shape index (κ3) is 3.28. The van der Waals surface area contributed by atoms with Crippen molar-refractivity contribution < 1.29 is 13.2 Å². The number of nitrogens with one attached hydrogen (secondary N) is 1. The van der Waals surface area contributed by atoms with E-state index < -0.39 is 11.7 Å². The van der Waals surface area contributed by atoms with Gasteiger partial charge in [0.25, 0.3) is 0 Å². The minimum Gasteiger partial charge on any atom is -0.303 e. The van der Waals surface area contributed by atoms with Gasteiger partial charge in [0, 0.05) is 12.6 Å². The summed E-state index contributed by atoms with van der Waals surface area (Å²) >= 11 is 0. The van der Waals surface area contributed by atoms with Crippen LogP contribution in [-0.2, 0) is 6.18 Å². The molecular formula is C18H18F3N3. The first-order chi connectivity index (χ1) is 11.4. The molecule has 2 aromatic carbocycles. The van der Waals surface area contributed by atoms with Crippen LogP contribution in [0.3, 0.4) is 0 Å². The maximum Gasteiger partial charge on any atom is 0.416 e. The van der Waals surface area contributed by atoms with Crippen LogP contribution in [0.1, 0.15) is 29.7 Å². The van der Waals surface area contributed by atoms with Gasteiger partial charge in [-0.15, -0.1) is 0 Å². The number of hydrogen-bond donors (Lipinski definition) is 1. The molecule has 0 fully saturated rings. The summed E-state index contributed by atoms with van der Waals surface area (Å²) in [6, 6.07) is 14.9. The lowest BCUT2D eigenvalue weighted by Gasteiger charge is -2.36. The zero-order valence-corrected chi connectivity index (χ0v) is 13.4. The molecule has 0 saturated heterocycles. The summed E-state index contributed by atoms with van der Waals surface area (Å²) in [7, 11) is 1.90. The lowest BCUT2D eigenvalue weighted by atomic mass is 9.99. The maximum atomic E-state index is 12.7. The zero-order valence-electron chi connectivity index (χ0n) is 13.4. The van der Waals surface area contributed by atoms with E-state index >= 15 is 0 Å². The molecule has 0 saturated carbocycles. The lowest BCUT2D eigenvalue weighted by Crippen LogP contribution is -2.51. The Bertz CT molecular complexity index is 723. The molecule has 0 spiro atoms. The molecule has 3 nitrogen and oxygen atoms in total. The summed E-state index contributed by atoms with van der Waals surface area (Å²) < 4.78 is 38.1. The Kier molecular flexibility index (Phi) is 4.32. The molecule has 0 bridgehead atoms. The van der Waals surface area contributed by atoms with Gasteiger partial charge in [0.1, 0.15) is 5.84 Å². The number of amidine groups is 1. The van der Waals surface area contributed by atoms with Gasteiger partial charge in [-0.05, 0) is 24.6 Å². The SMILES string of the molecule is CC1C(c2ccccc2)N=C(c2ccc(C(F)(F)F)cc2)NN1C. The number of nitrogens with zero attached hydrogens (tertiary/aromatic N) is 2. The number of aliphatic imine (C=N–C) groups is 1. The fourth-order valence-electron chi connectivity index (χ4n) is 2.72. The van der Waals surface area contributed by atoms with E-state index in [0.29, 0.717) is 11.4 Å². The van der Waals surface area contributed by atoms with E-state index in [-0.39, 0.29) is 12.1 Å². The molecule has 0 amide bonds. The third-order valence-electron chi connectivity index (χ3n) is 4.25. The number of alkyl halides is 3. The van der Waals surface area contributed by atoms with Crippen LogP contribution < -0.4 is 5.43 Å². The largest absolute Gasteiger partial charge is 0.416 e. The monoisotopic (exact) mass is 333 g/mol. The van der Waals surface area contributed by atoms with E-state index in [4.69, 9.17) is 4.99 Å². The fraction of sp³-hybridized carbons (Fsp3) is 0.278. The molecule has 2 atom stereocenters. The van der Waals surface area contributed by atoms with Gasteiger partial charge in [0.05, 0.1) is 17.6 Å². The molecule has 0 aromatic heterocycles. The lowest BCUT2D eigenvalue weighted by molar-refractivity contribution is -0.137. The normalized spacial score (nSPS) is 22.0. The Balaban J connectivity index is 1.95. The molecule has 1 aliphatic rings. The third-order valence-corrected chi connectivity index (χ3v) is 4.25. The Morgan fingerprint density at radius 2 is 1.62 bits per heavy atom. The molecule has 2 unspecified atom stereocenters. The number of hydrogen-bond acceptors (Lipinski definition) is 3. The molecule has 3 rings (SSSR count). The summed E-state index contributed by atoms with van der Waals surface area (Å²) in [5.74, 6) is 0.568. The summed E-state index contributed by atoms with van der Waals surface area (Å²) in [5, 5.41) is 1.93. The summed E-state index contributed by atoms with van der Waals surface area (Å²) in [4.78, 5) is 4.73. The van der Waals surface area contributed by atoms with E-state index in [1.807, 2.05) is 42.4 Å². The molecule has 0 radical (unpaired) electrons. The van der Waals surface area contributed by atoms with Crippen LogP contribution >= 0.6 is 0 Å². The maximum absolute atomic E-state index is 12.7. The van der Waals surface area contributed by atoms with Crippen LogP contribution in [0.2, 0.25) is 0 Å². The summed E-state index contributed by atoms with van der Waals surface area (Å²) in [6.07, 6.45) is -4.34. The van der Waals surface area contributed by atoms with Gasteiger partial charge >= 0.3 is 6.18 Å². The average Bonchev–Trinajstić information content (AvgIpc) is 2.57. The smallest absolute Gasteiger partial charge is 0.303 e. The minimum atomic E-state index is -4.34. The topological polar surface area (TPSA) is 27.6 Å². The second kappa shape index (κ2) is 6.28. The zero-order chi connectivity index (χ0) is 17.3. The van der Waals surface area contributed by atoms with Crippen molar-refractivity contribution in [1.82, 2.24) is 10.4 Å². The first-order valence-electron chi connectivity index (χ1n) is 7.66. The van der Waals surface area contributed by atoms with Crippen molar-refractivity contribution in [3.63, 3.8) is 0 Å². The molecule has 24 heavy (non-hydrogen) atoms. The van der Waals surface area contributed by atoms with Gasteiger partial charge in [-0.25, -0.2) is 5.01 Å². The van der Waals surface area contributed by atoms with Gasteiger partial charge in [0.15, 0.2) is 0 Å². The van der Waals surface area contributed by atoms with Crippen molar-refractivity contribution in [1.29, 1.82) is 0 Å². The van der Waals surface area contributed by atoms with Crippen LogP contribution in [0.15, 0.2) is 59.6 Å². The summed E-state index contributed by atoms with van der Waals surface area (Å²) in [5.41, 5.74) is 4.18. The van der Waals surface area contributed by atoms with Crippen LogP contribution in [0.4, 0.5) is 13.2 Å². The van der Waals surface area contributed by atoms with Gasteiger partial charge < -0.3 is 5.43 Å². The second-order valence-electron chi connectivity index (χ2n) is 5.87. The minimum absolute atomic E-state index is 0.0882. The van der Waals surface area contributed by atoms with Crippen molar-refractivity contribution in [2.45, 2.75) is 25.2 Å². The molecule has 0 aliphatic carbocycles. The molecular weight excluding hydrogens is 315 g/mol. The number of likely N-dealkylation sites (N-methyl/N-ethyl adjacent to an activating group) is 1. The molecule has 1 N–H and O–H groups in total. The van der Waals surface area contributed by atoms with Gasteiger partial charge in [0.2, 0.25) is 0 Å². The van der Waals surface area contributed by atoms with Crippen molar-refractivity contribution >= 4 is 5.84 Å². The molecule has 126 valence electrons. The van der Waals surface area contributed by atoms with E-state index in [9.17, 15) is 13.2 Å². The van der Waals surface area contributed by atoms with E-state index in [1.165, 1.54) is 12.1 Å². The van der Waals surface area contributed by atoms with Crippen molar-refractivity contribution in [3.05, 3.63) is 71.3 Å². The standard InChI is InChI=1S/C18H18F3N3/c1-12-16(13-6-4-3-5-7-13)22-17(23-24(12)2)14-8-10-15(11-9-14)18(19,20)21/h3-12,16H,1-2H3,(H,22,23).